The second-order valence-corrected chi connectivity index (χ2v) is 3.52. The summed E-state index contributed by atoms with van der Waals surface area (Å²) in [6.07, 6.45) is 6.09. The van der Waals surface area contributed by atoms with E-state index in [1.807, 2.05) is 18.2 Å². The van der Waals surface area contributed by atoms with Crippen LogP contribution in [0.1, 0.15) is 20.8 Å². The number of rotatable bonds is 0. The fraction of sp³-hybridized carbons (Fsp3) is 0.556. The highest BCUT2D eigenvalue weighted by molar-refractivity contribution is 5.16. The van der Waals surface area contributed by atoms with Crippen LogP contribution in [0.15, 0.2) is 24.0 Å². The third-order valence-electron chi connectivity index (χ3n) is 1.46. The number of ether oxygens (including phenoxy) is 1. The van der Waals surface area contributed by atoms with E-state index in [0.717, 1.165) is 12.4 Å². The summed E-state index contributed by atoms with van der Waals surface area (Å²) in [5.41, 5.74) is 0.157. The molecule has 1 heterocycles. The molecule has 0 N–H and O–H groups in total. The predicted molar refractivity (Wildman–Crippen MR) is 42.6 cm³/mol. The molecule has 0 saturated heterocycles. The minimum atomic E-state index is 0.157. The quantitative estimate of drug-likeness (QED) is 0.499. The van der Waals surface area contributed by atoms with Crippen LogP contribution in [0.25, 0.3) is 0 Å². The van der Waals surface area contributed by atoms with Gasteiger partial charge in [0, 0.05) is 5.41 Å². The molecule has 0 radical (unpaired) electrons. The van der Waals surface area contributed by atoms with Crippen molar-refractivity contribution in [3.63, 3.8) is 0 Å². The van der Waals surface area contributed by atoms with Gasteiger partial charge in [-0.05, 0) is 12.2 Å². The molecule has 0 aromatic rings. The smallest absolute Gasteiger partial charge is 0.106 e. The first-order chi connectivity index (χ1) is 4.61. The van der Waals surface area contributed by atoms with Crippen LogP contribution in [0.2, 0.25) is 0 Å². The molecule has 1 aliphatic heterocycles. The van der Waals surface area contributed by atoms with Crippen LogP contribution < -0.4 is 0 Å². The maximum atomic E-state index is 5.42. The second kappa shape index (κ2) is 2.49. The zero-order valence-electron chi connectivity index (χ0n) is 6.85. The Morgan fingerprint density at radius 1 is 1.40 bits per heavy atom. The summed E-state index contributed by atoms with van der Waals surface area (Å²) in [5, 5.41) is 0. The minimum absolute atomic E-state index is 0.157. The Labute approximate surface area is 62.4 Å². The molecule has 10 heavy (non-hydrogen) atoms. The molecule has 0 amide bonds. The van der Waals surface area contributed by atoms with Gasteiger partial charge in [0.2, 0.25) is 0 Å². The Hall–Kier alpha value is -0.720. The molecule has 1 rings (SSSR count). The zero-order chi connectivity index (χ0) is 7.61. The SMILES string of the molecule is CC(C)(C)C1=CC=CCO1. The Bertz CT molecular complexity index is 170. The summed E-state index contributed by atoms with van der Waals surface area (Å²) in [5.74, 6) is 1.08. The van der Waals surface area contributed by atoms with Crippen molar-refractivity contribution in [2.24, 2.45) is 5.41 Å². The maximum Gasteiger partial charge on any atom is 0.106 e. The number of allylic oxidation sites excluding steroid dienone is 3. The highest BCUT2D eigenvalue weighted by Crippen LogP contribution is 2.27. The van der Waals surface area contributed by atoms with Gasteiger partial charge in [0.25, 0.3) is 0 Å². The van der Waals surface area contributed by atoms with Crippen LogP contribution in [-0.2, 0) is 4.74 Å². The van der Waals surface area contributed by atoms with Crippen molar-refractivity contribution >= 4 is 0 Å². The Kier molecular flexibility index (Phi) is 1.84. The standard InChI is InChI=1S/C9H14O/c1-9(2,3)8-6-4-5-7-10-8/h4-6H,7H2,1-3H3. The minimum Gasteiger partial charge on any atom is -0.493 e. The Morgan fingerprint density at radius 2 is 2.10 bits per heavy atom. The topological polar surface area (TPSA) is 9.23 Å². The third-order valence-corrected chi connectivity index (χ3v) is 1.46. The van der Waals surface area contributed by atoms with Crippen molar-refractivity contribution in [1.82, 2.24) is 0 Å². The van der Waals surface area contributed by atoms with Gasteiger partial charge < -0.3 is 4.74 Å². The predicted octanol–water partition coefficient (Wildman–Crippen LogP) is 2.50. The Balaban J connectivity index is 2.72. The largest absolute Gasteiger partial charge is 0.493 e. The summed E-state index contributed by atoms with van der Waals surface area (Å²) in [7, 11) is 0. The lowest BCUT2D eigenvalue weighted by Crippen LogP contribution is -2.13. The molecule has 1 nitrogen and oxygen atoms in total. The average molecular weight is 138 g/mol. The molecule has 56 valence electrons. The molecule has 0 fully saturated rings. The van der Waals surface area contributed by atoms with Gasteiger partial charge in [0.15, 0.2) is 0 Å². The molecule has 1 aliphatic rings. The first-order valence-corrected chi connectivity index (χ1v) is 3.61. The van der Waals surface area contributed by atoms with Crippen LogP contribution in [0.4, 0.5) is 0 Å². The van der Waals surface area contributed by atoms with Crippen LogP contribution in [-0.4, -0.2) is 6.61 Å². The summed E-state index contributed by atoms with van der Waals surface area (Å²) in [6.45, 7) is 7.18. The second-order valence-electron chi connectivity index (χ2n) is 3.52. The van der Waals surface area contributed by atoms with Gasteiger partial charge in [0.1, 0.15) is 12.4 Å². The van der Waals surface area contributed by atoms with Gasteiger partial charge >= 0.3 is 0 Å². The van der Waals surface area contributed by atoms with E-state index < -0.39 is 0 Å². The lowest BCUT2D eigenvalue weighted by atomic mass is 9.93. The first-order valence-electron chi connectivity index (χ1n) is 3.61. The van der Waals surface area contributed by atoms with Gasteiger partial charge in [0.05, 0.1) is 0 Å². The molecule has 0 aliphatic carbocycles. The highest BCUT2D eigenvalue weighted by atomic mass is 16.5. The maximum absolute atomic E-state index is 5.42. The van der Waals surface area contributed by atoms with Gasteiger partial charge in [-0.1, -0.05) is 26.8 Å². The van der Waals surface area contributed by atoms with Gasteiger partial charge in [-0.3, -0.25) is 0 Å². The van der Waals surface area contributed by atoms with Gasteiger partial charge in [-0.15, -0.1) is 0 Å². The lowest BCUT2D eigenvalue weighted by Gasteiger charge is -2.23. The van der Waals surface area contributed by atoms with Crippen LogP contribution in [0, 0.1) is 5.41 Å². The van der Waals surface area contributed by atoms with E-state index in [-0.39, 0.29) is 5.41 Å². The number of hydrogen-bond acceptors (Lipinski definition) is 1. The molecular formula is C9H14O. The van der Waals surface area contributed by atoms with E-state index in [2.05, 4.69) is 20.8 Å². The van der Waals surface area contributed by atoms with Crippen molar-refractivity contribution in [2.75, 3.05) is 6.61 Å². The molecule has 1 heteroatoms. The molecule has 0 atom stereocenters. The van der Waals surface area contributed by atoms with Gasteiger partial charge in [-0.25, -0.2) is 0 Å². The fourth-order valence-electron chi connectivity index (χ4n) is 0.864. The first kappa shape index (κ1) is 7.39. The van der Waals surface area contributed by atoms with E-state index in [4.69, 9.17) is 4.74 Å². The van der Waals surface area contributed by atoms with E-state index in [9.17, 15) is 0 Å². The fourth-order valence-corrected chi connectivity index (χ4v) is 0.864. The third kappa shape index (κ3) is 1.63. The molecule has 0 saturated carbocycles. The van der Waals surface area contributed by atoms with Crippen molar-refractivity contribution in [2.45, 2.75) is 20.8 Å². The molecule has 0 aromatic heterocycles. The summed E-state index contributed by atoms with van der Waals surface area (Å²) >= 11 is 0. The highest BCUT2D eigenvalue weighted by Gasteiger charge is 2.18. The molecule has 0 unspecified atom stereocenters. The van der Waals surface area contributed by atoms with Crippen LogP contribution >= 0.6 is 0 Å². The summed E-state index contributed by atoms with van der Waals surface area (Å²) in [4.78, 5) is 0. The van der Waals surface area contributed by atoms with Gasteiger partial charge in [-0.2, -0.15) is 0 Å². The summed E-state index contributed by atoms with van der Waals surface area (Å²) < 4.78 is 5.42. The normalized spacial score (nSPS) is 18.1. The average Bonchev–Trinajstić information content (AvgIpc) is 1.88. The van der Waals surface area contributed by atoms with Crippen molar-refractivity contribution in [3.05, 3.63) is 24.0 Å². The molecule has 0 spiro atoms. The van der Waals surface area contributed by atoms with Crippen LogP contribution in [0.3, 0.4) is 0 Å². The number of hydrogen-bond donors (Lipinski definition) is 0. The molecule has 0 bridgehead atoms. The van der Waals surface area contributed by atoms with E-state index >= 15 is 0 Å². The van der Waals surface area contributed by atoms with Crippen molar-refractivity contribution < 1.29 is 4.74 Å². The van der Waals surface area contributed by atoms with E-state index in [1.165, 1.54) is 0 Å². The van der Waals surface area contributed by atoms with Crippen LogP contribution in [0.5, 0.6) is 0 Å². The zero-order valence-corrected chi connectivity index (χ0v) is 6.85. The molecular weight excluding hydrogens is 124 g/mol. The van der Waals surface area contributed by atoms with E-state index in [1.54, 1.807) is 0 Å². The monoisotopic (exact) mass is 138 g/mol. The lowest BCUT2D eigenvalue weighted by molar-refractivity contribution is 0.173. The van der Waals surface area contributed by atoms with E-state index in [0.29, 0.717) is 0 Å². The Morgan fingerprint density at radius 3 is 2.40 bits per heavy atom. The summed E-state index contributed by atoms with van der Waals surface area (Å²) in [6, 6.07) is 0. The molecule has 0 aromatic carbocycles. The van der Waals surface area contributed by atoms with Crippen molar-refractivity contribution in [3.8, 4) is 0 Å². The van der Waals surface area contributed by atoms with Crippen molar-refractivity contribution in [1.29, 1.82) is 0 Å².